The van der Waals surface area contributed by atoms with Gasteiger partial charge in [-0.05, 0) is 44.8 Å². The minimum atomic E-state index is -1.97. The highest BCUT2D eigenvalue weighted by Crippen LogP contribution is 2.67. The summed E-state index contributed by atoms with van der Waals surface area (Å²) in [5.74, 6) is -5.79. The van der Waals surface area contributed by atoms with Crippen LogP contribution in [-0.4, -0.2) is 62.9 Å². The summed E-state index contributed by atoms with van der Waals surface area (Å²) in [7, 11) is 0. The van der Waals surface area contributed by atoms with Gasteiger partial charge in [-0.25, -0.2) is 4.79 Å². The molecule has 1 fully saturated rings. The molecule has 7 atom stereocenters. The molecule has 0 spiro atoms. The van der Waals surface area contributed by atoms with Crippen LogP contribution in [-0.2, 0) is 33.4 Å². The van der Waals surface area contributed by atoms with Crippen LogP contribution in [0.15, 0.2) is 35.5 Å². The summed E-state index contributed by atoms with van der Waals surface area (Å²) in [6.45, 7) is 14.6. The van der Waals surface area contributed by atoms with Crippen molar-refractivity contribution in [3.05, 3.63) is 35.5 Å². The first-order chi connectivity index (χ1) is 17.9. The van der Waals surface area contributed by atoms with Crippen LogP contribution in [0.25, 0.3) is 0 Å². The van der Waals surface area contributed by atoms with Crippen LogP contribution >= 0.6 is 0 Å². The molecule has 3 rings (SSSR count). The van der Waals surface area contributed by atoms with E-state index in [0.29, 0.717) is 11.1 Å². The second kappa shape index (κ2) is 10.3. The van der Waals surface area contributed by atoms with Crippen molar-refractivity contribution in [2.75, 3.05) is 6.61 Å². The van der Waals surface area contributed by atoms with E-state index in [1.54, 1.807) is 67.5 Å². The van der Waals surface area contributed by atoms with Crippen molar-refractivity contribution >= 4 is 23.7 Å². The van der Waals surface area contributed by atoms with Crippen molar-refractivity contribution in [3.63, 3.8) is 0 Å². The van der Waals surface area contributed by atoms with Crippen molar-refractivity contribution in [1.82, 2.24) is 0 Å². The van der Waals surface area contributed by atoms with Gasteiger partial charge in [-0.15, -0.1) is 0 Å². The Labute approximate surface area is 230 Å². The van der Waals surface area contributed by atoms with Gasteiger partial charge in [0.2, 0.25) is 0 Å². The topological polar surface area (TPSA) is 136 Å². The molecule has 0 heterocycles. The van der Waals surface area contributed by atoms with Crippen molar-refractivity contribution in [2.24, 2.45) is 29.6 Å². The summed E-state index contributed by atoms with van der Waals surface area (Å²) in [6, 6.07) is 0. The fraction of sp³-hybridized carbons (Fsp3) is 0.667. The standard InChI is InChI=1S/C30H42O9/c1-10-11-23(32)38-27(8)24(28(27,9)39-26(34)16(2)3)21-13-20(15-37-19(7)31)14-29(35)22(12-18(6)25(29)33)30(21,36)17(4)5/h10-13,16-17,21-22,24,35-36H,14-15H2,1-9H3/b11-10+/t21-,22+,24+,27?,28-,29+,30+/m0/s1. The van der Waals surface area contributed by atoms with E-state index < -0.39 is 75.7 Å². The van der Waals surface area contributed by atoms with E-state index in [1.807, 2.05) is 0 Å². The molecule has 3 aliphatic rings. The molecule has 2 N–H and O–H groups in total. The van der Waals surface area contributed by atoms with E-state index in [2.05, 4.69) is 0 Å². The fourth-order valence-corrected chi connectivity index (χ4v) is 6.55. The van der Waals surface area contributed by atoms with Crippen LogP contribution in [0.4, 0.5) is 0 Å². The maximum absolute atomic E-state index is 13.3. The number of ether oxygens (including phenoxy) is 3. The van der Waals surface area contributed by atoms with Gasteiger partial charge in [0, 0.05) is 31.3 Å². The summed E-state index contributed by atoms with van der Waals surface area (Å²) in [4.78, 5) is 50.5. The summed E-state index contributed by atoms with van der Waals surface area (Å²) >= 11 is 0. The summed E-state index contributed by atoms with van der Waals surface area (Å²) in [5.41, 5.74) is -5.65. The lowest BCUT2D eigenvalue weighted by molar-refractivity contribution is -0.166. The van der Waals surface area contributed by atoms with E-state index in [0.717, 1.165) is 0 Å². The van der Waals surface area contributed by atoms with Crippen LogP contribution in [0.2, 0.25) is 0 Å². The van der Waals surface area contributed by atoms with Gasteiger partial charge in [-0.1, -0.05) is 45.9 Å². The Kier molecular flexibility index (Phi) is 8.14. The molecule has 9 nitrogen and oxygen atoms in total. The number of rotatable bonds is 8. The molecule has 0 aromatic carbocycles. The second-order valence-electron chi connectivity index (χ2n) is 12.1. The molecule has 9 heteroatoms. The Morgan fingerprint density at radius 2 is 1.67 bits per heavy atom. The van der Waals surface area contributed by atoms with Gasteiger partial charge in [-0.3, -0.25) is 14.4 Å². The van der Waals surface area contributed by atoms with Gasteiger partial charge in [-0.2, -0.15) is 0 Å². The van der Waals surface area contributed by atoms with E-state index in [4.69, 9.17) is 14.2 Å². The number of Topliss-reactive ketones (excluding diaryl/α,β-unsaturated/α-hetero) is 1. The Morgan fingerprint density at radius 3 is 2.18 bits per heavy atom. The van der Waals surface area contributed by atoms with E-state index in [9.17, 15) is 29.4 Å². The first-order valence-electron chi connectivity index (χ1n) is 13.5. The molecule has 0 amide bonds. The van der Waals surface area contributed by atoms with Crippen molar-refractivity contribution < 1.29 is 43.6 Å². The second-order valence-corrected chi connectivity index (χ2v) is 12.1. The summed E-state index contributed by atoms with van der Waals surface area (Å²) in [5, 5.41) is 24.4. The number of carbonyl (C=O) groups is 4. The average molecular weight is 547 g/mol. The third-order valence-electron chi connectivity index (χ3n) is 8.86. The van der Waals surface area contributed by atoms with Gasteiger partial charge in [0.25, 0.3) is 0 Å². The molecule has 0 radical (unpaired) electrons. The van der Waals surface area contributed by atoms with E-state index in [1.165, 1.54) is 19.1 Å². The third kappa shape index (κ3) is 4.88. The number of ketones is 1. The SMILES string of the molecule is C/C=C/C(=O)OC1(C)[C@@H]([C@@H]2C=C(COC(C)=O)C[C@]3(O)C(=O)C(C)=C[C@H]3[C@@]2(O)C(C)C)[C@]1(C)OC(=O)C(C)C. The Bertz CT molecular complexity index is 1150. The molecule has 1 saturated carbocycles. The molecule has 39 heavy (non-hydrogen) atoms. The number of carbonyl (C=O) groups excluding carboxylic acids is 4. The predicted octanol–water partition coefficient (Wildman–Crippen LogP) is 3.22. The number of esters is 3. The van der Waals surface area contributed by atoms with Crippen LogP contribution in [0.5, 0.6) is 0 Å². The number of aliphatic hydroxyl groups is 2. The molecule has 0 aliphatic heterocycles. The zero-order valence-electron chi connectivity index (χ0n) is 24.4. The molecule has 0 aromatic rings. The molecular weight excluding hydrogens is 504 g/mol. The Morgan fingerprint density at radius 1 is 1.08 bits per heavy atom. The lowest BCUT2D eigenvalue weighted by Crippen LogP contribution is -2.58. The average Bonchev–Trinajstić information content (AvgIpc) is 3.21. The Hall–Kier alpha value is -2.78. The van der Waals surface area contributed by atoms with Crippen molar-refractivity contribution in [3.8, 4) is 0 Å². The molecule has 3 aliphatic carbocycles. The summed E-state index contributed by atoms with van der Waals surface area (Å²) < 4.78 is 17.1. The normalized spacial score (nSPS) is 37.8. The maximum atomic E-state index is 13.3. The number of hydrogen-bond donors (Lipinski definition) is 2. The van der Waals surface area contributed by atoms with E-state index >= 15 is 0 Å². The highest BCUT2D eigenvalue weighted by atomic mass is 16.6. The maximum Gasteiger partial charge on any atom is 0.331 e. The number of allylic oxidation sites excluding steroid dienone is 1. The molecule has 0 bridgehead atoms. The first-order valence-corrected chi connectivity index (χ1v) is 13.5. The highest BCUT2D eigenvalue weighted by Gasteiger charge is 2.82. The van der Waals surface area contributed by atoms with Crippen LogP contribution < -0.4 is 0 Å². The molecule has 0 aromatic heterocycles. The van der Waals surface area contributed by atoms with Crippen molar-refractivity contribution in [2.45, 2.75) is 91.1 Å². The van der Waals surface area contributed by atoms with Crippen LogP contribution in [0, 0.1) is 29.6 Å². The number of hydrogen-bond acceptors (Lipinski definition) is 9. The summed E-state index contributed by atoms with van der Waals surface area (Å²) in [6.07, 6.45) is 5.94. The minimum absolute atomic E-state index is 0.159. The van der Waals surface area contributed by atoms with Gasteiger partial charge in [0.15, 0.2) is 17.0 Å². The van der Waals surface area contributed by atoms with Crippen LogP contribution in [0.3, 0.4) is 0 Å². The van der Waals surface area contributed by atoms with Crippen molar-refractivity contribution in [1.29, 1.82) is 0 Å². The zero-order chi connectivity index (χ0) is 29.7. The fourth-order valence-electron chi connectivity index (χ4n) is 6.55. The smallest absolute Gasteiger partial charge is 0.331 e. The largest absolute Gasteiger partial charge is 0.461 e. The monoisotopic (exact) mass is 546 g/mol. The first kappa shape index (κ1) is 30.8. The Balaban J connectivity index is 2.25. The molecule has 1 unspecified atom stereocenters. The lowest BCUT2D eigenvalue weighted by atomic mass is 9.64. The minimum Gasteiger partial charge on any atom is -0.461 e. The highest BCUT2D eigenvalue weighted by molar-refractivity contribution is 6.04. The van der Waals surface area contributed by atoms with Gasteiger partial charge >= 0.3 is 17.9 Å². The predicted molar refractivity (Wildman–Crippen MR) is 142 cm³/mol. The van der Waals surface area contributed by atoms with Gasteiger partial charge < -0.3 is 24.4 Å². The number of fused-ring (bicyclic) bond motifs is 1. The molecule has 216 valence electrons. The molecular formula is C30H42O9. The quantitative estimate of drug-likeness (QED) is 0.203. The zero-order valence-corrected chi connectivity index (χ0v) is 24.4. The van der Waals surface area contributed by atoms with Crippen LogP contribution in [0.1, 0.15) is 68.7 Å². The lowest BCUT2D eigenvalue weighted by Gasteiger charge is -2.46. The van der Waals surface area contributed by atoms with Gasteiger partial charge in [0.1, 0.15) is 12.2 Å². The molecule has 0 saturated heterocycles. The van der Waals surface area contributed by atoms with Gasteiger partial charge in [0.05, 0.1) is 17.4 Å². The third-order valence-corrected chi connectivity index (χ3v) is 8.86. The van der Waals surface area contributed by atoms with E-state index in [-0.39, 0.29) is 13.0 Å².